The zero-order valence-corrected chi connectivity index (χ0v) is 8.96. The van der Waals surface area contributed by atoms with Crippen molar-refractivity contribution in [1.82, 2.24) is 0 Å². The molecule has 0 heterocycles. The summed E-state index contributed by atoms with van der Waals surface area (Å²) in [5, 5.41) is 11.5. The highest BCUT2D eigenvalue weighted by atomic mass is 16.3. The molecule has 1 aliphatic carbocycles. The van der Waals surface area contributed by atoms with Crippen LogP contribution in [-0.2, 0) is 0 Å². The lowest BCUT2D eigenvalue weighted by Gasteiger charge is -2.13. The standard InChI is InChI=1S/C13H20O/c1-2-3-4-5-6-11-13(14)12-9-7-8-10-12/h7-10,14H,2-6,11H2,1H3/p-1. The molecule has 0 bridgehead atoms. The van der Waals surface area contributed by atoms with E-state index in [0.717, 1.165) is 12.0 Å². The number of hydrogen-bond acceptors (Lipinski definition) is 1. The van der Waals surface area contributed by atoms with Crippen molar-refractivity contribution in [2.75, 3.05) is 0 Å². The Hall–Kier alpha value is -0.980. The van der Waals surface area contributed by atoms with Crippen LogP contribution in [0.2, 0.25) is 0 Å². The predicted molar refractivity (Wildman–Crippen MR) is 58.7 cm³/mol. The summed E-state index contributed by atoms with van der Waals surface area (Å²) in [5.74, 6) is 0.298. The molecule has 1 nitrogen and oxygen atoms in total. The van der Waals surface area contributed by atoms with Crippen LogP contribution in [0.4, 0.5) is 0 Å². The molecule has 0 fully saturated rings. The molecule has 78 valence electrons. The summed E-state index contributed by atoms with van der Waals surface area (Å²) in [6.45, 7) is 2.20. The van der Waals surface area contributed by atoms with E-state index in [1.54, 1.807) is 0 Å². The van der Waals surface area contributed by atoms with Gasteiger partial charge in [0.1, 0.15) is 0 Å². The fraction of sp³-hybridized carbons (Fsp3) is 0.538. The van der Waals surface area contributed by atoms with Crippen LogP contribution >= 0.6 is 0 Å². The second-order valence-electron chi connectivity index (χ2n) is 3.76. The fourth-order valence-corrected chi connectivity index (χ4v) is 1.59. The van der Waals surface area contributed by atoms with Crippen LogP contribution in [0.3, 0.4) is 0 Å². The SMILES string of the molecule is CCCCCCCC([O-])=C1C=CC=C1. The maximum Gasteiger partial charge on any atom is -0.0376 e. The van der Waals surface area contributed by atoms with Gasteiger partial charge in [-0.2, -0.15) is 0 Å². The third kappa shape index (κ3) is 3.82. The van der Waals surface area contributed by atoms with Crippen LogP contribution in [-0.4, -0.2) is 0 Å². The fourth-order valence-electron chi connectivity index (χ4n) is 1.59. The van der Waals surface area contributed by atoms with Crippen molar-refractivity contribution in [1.29, 1.82) is 0 Å². The lowest BCUT2D eigenvalue weighted by Crippen LogP contribution is -2.05. The molecule has 1 heteroatoms. The Labute approximate surface area is 86.8 Å². The van der Waals surface area contributed by atoms with E-state index >= 15 is 0 Å². The number of hydrogen-bond donors (Lipinski definition) is 0. The average Bonchev–Trinajstić information content (AvgIpc) is 2.70. The number of allylic oxidation sites excluding steroid dienone is 6. The van der Waals surface area contributed by atoms with E-state index in [-0.39, 0.29) is 0 Å². The molecule has 0 aromatic carbocycles. The van der Waals surface area contributed by atoms with Crippen molar-refractivity contribution in [3.8, 4) is 0 Å². The highest BCUT2D eigenvalue weighted by molar-refractivity contribution is 5.41. The second kappa shape index (κ2) is 6.47. The summed E-state index contributed by atoms with van der Waals surface area (Å²) < 4.78 is 0. The highest BCUT2D eigenvalue weighted by Crippen LogP contribution is 2.15. The molecule has 0 spiro atoms. The Balaban J connectivity index is 2.15. The van der Waals surface area contributed by atoms with Crippen molar-refractivity contribution in [2.45, 2.75) is 45.4 Å². The van der Waals surface area contributed by atoms with Gasteiger partial charge in [-0.3, -0.25) is 0 Å². The van der Waals surface area contributed by atoms with Crippen LogP contribution in [0.25, 0.3) is 0 Å². The molecule has 0 saturated carbocycles. The van der Waals surface area contributed by atoms with Crippen molar-refractivity contribution < 1.29 is 5.11 Å². The number of rotatable bonds is 6. The first-order chi connectivity index (χ1) is 6.84. The molecule has 0 aliphatic heterocycles. The third-order valence-corrected chi connectivity index (χ3v) is 2.49. The lowest BCUT2D eigenvalue weighted by molar-refractivity contribution is -0.307. The highest BCUT2D eigenvalue weighted by Gasteiger charge is 1.94. The molecule has 0 aromatic heterocycles. The van der Waals surface area contributed by atoms with Crippen LogP contribution in [0, 0.1) is 0 Å². The van der Waals surface area contributed by atoms with E-state index in [4.69, 9.17) is 0 Å². The van der Waals surface area contributed by atoms with Gasteiger partial charge in [-0.05, 0) is 12.0 Å². The van der Waals surface area contributed by atoms with Crippen molar-refractivity contribution in [2.24, 2.45) is 0 Å². The van der Waals surface area contributed by atoms with Gasteiger partial charge in [0, 0.05) is 0 Å². The topological polar surface area (TPSA) is 23.1 Å². The zero-order chi connectivity index (χ0) is 10.2. The Bertz CT molecular complexity index is 232. The molecule has 1 rings (SSSR count). The lowest BCUT2D eigenvalue weighted by atomic mass is 10.1. The maximum absolute atomic E-state index is 11.5. The normalized spacial score (nSPS) is 13.9. The quantitative estimate of drug-likeness (QED) is 0.467. The molecule has 0 N–H and O–H groups in total. The minimum atomic E-state index is 0.298. The molecule has 1 aliphatic rings. The summed E-state index contributed by atoms with van der Waals surface area (Å²) >= 11 is 0. The van der Waals surface area contributed by atoms with Gasteiger partial charge >= 0.3 is 0 Å². The van der Waals surface area contributed by atoms with Crippen LogP contribution in [0.1, 0.15) is 45.4 Å². The van der Waals surface area contributed by atoms with Crippen molar-refractivity contribution >= 4 is 0 Å². The van der Waals surface area contributed by atoms with Gasteiger partial charge in [-0.1, -0.05) is 63.3 Å². The van der Waals surface area contributed by atoms with E-state index in [1.807, 2.05) is 24.3 Å². The minimum Gasteiger partial charge on any atom is -0.875 e. The second-order valence-corrected chi connectivity index (χ2v) is 3.76. The van der Waals surface area contributed by atoms with E-state index < -0.39 is 0 Å². The van der Waals surface area contributed by atoms with Gasteiger partial charge in [0.25, 0.3) is 0 Å². The summed E-state index contributed by atoms with van der Waals surface area (Å²) in [6, 6.07) is 0. The first-order valence-electron chi connectivity index (χ1n) is 5.59. The summed E-state index contributed by atoms with van der Waals surface area (Å²) in [6.07, 6.45) is 14.4. The Kier molecular flexibility index (Phi) is 5.13. The monoisotopic (exact) mass is 191 g/mol. The minimum absolute atomic E-state index is 0.298. The molecule has 0 amide bonds. The molecule has 0 aromatic rings. The Morgan fingerprint density at radius 2 is 1.71 bits per heavy atom. The Morgan fingerprint density at radius 1 is 1.07 bits per heavy atom. The van der Waals surface area contributed by atoms with E-state index in [1.165, 1.54) is 25.7 Å². The van der Waals surface area contributed by atoms with Crippen LogP contribution in [0.15, 0.2) is 35.6 Å². The number of unbranched alkanes of at least 4 members (excludes halogenated alkanes) is 4. The molecule has 0 saturated heterocycles. The first kappa shape index (κ1) is 11.1. The van der Waals surface area contributed by atoms with Gasteiger partial charge in [-0.15, -0.1) is 5.76 Å². The van der Waals surface area contributed by atoms with Crippen LogP contribution < -0.4 is 5.11 Å². The molecule has 14 heavy (non-hydrogen) atoms. The largest absolute Gasteiger partial charge is 0.875 e. The third-order valence-electron chi connectivity index (χ3n) is 2.49. The van der Waals surface area contributed by atoms with Crippen LogP contribution in [0.5, 0.6) is 0 Å². The van der Waals surface area contributed by atoms with Gasteiger partial charge in [0.05, 0.1) is 0 Å². The maximum atomic E-state index is 11.5. The predicted octanol–water partition coefficient (Wildman–Crippen LogP) is 3.09. The van der Waals surface area contributed by atoms with E-state index in [0.29, 0.717) is 12.2 Å². The zero-order valence-electron chi connectivity index (χ0n) is 8.96. The van der Waals surface area contributed by atoms with Gasteiger partial charge in [0.2, 0.25) is 0 Å². The summed E-state index contributed by atoms with van der Waals surface area (Å²) in [5.41, 5.74) is 0.875. The van der Waals surface area contributed by atoms with Crippen molar-refractivity contribution in [3.05, 3.63) is 35.6 Å². The first-order valence-corrected chi connectivity index (χ1v) is 5.59. The molecule has 0 atom stereocenters. The summed E-state index contributed by atoms with van der Waals surface area (Å²) in [7, 11) is 0. The molecule has 0 radical (unpaired) electrons. The van der Waals surface area contributed by atoms with Gasteiger partial charge in [-0.25, -0.2) is 0 Å². The van der Waals surface area contributed by atoms with Crippen molar-refractivity contribution in [3.63, 3.8) is 0 Å². The van der Waals surface area contributed by atoms with E-state index in [9.17, 15) is 5.11 Å². The van der Waals surface area contributed by atoms with Gasteiger partial charge in [0.15, 0.2) is 0 Å². The van der Waals surface area contributed by atoms with Gasteiger partial charge < -0.3 is 5.11 Å². The average molecular weight is 191 g/mol. The smallest absolute Gasteiger partial charge is 0.0376 e. The molecule has 0 unspecified atom stereocenters. The van der Waals surface area contributed by atoms with E-state index in [2.05, 4.69) is 6.92 Å². The summed E-state index contributed by atoms with van der Waals surface area (Å²) in [4.78, 5) is 0. The molecular weight excluding hydrogens is 172 g/mol. The molecular formula is C13H19O-. The Morgan fingerprint density at radius 3 is 2.36 bits per heavy atom.